The zero-order valence-electron chi connectivity index (χ0n) is 13.0. The maximum Gasteiger partial charge on any atom is 0.227 e. The molecule has 0 radical (unpaired) electrons. The van der Waals surface area contributed by atoms with Crippen LogP contribution in [0.4, 0.5) is 8.78 Å². The van der Waals surface area contributed by atoms with Crippen molar-refractivity contribution in [1.29, 1.82) is 0 Å². The Morgan fingerprint density at radius 1 is 1.39 bits per heavy atom. The topological polar surface area (TPSA) is 49.0 Å². The van der Waals surface area contributed by atoms with Crippen molar-refractivity contribution in [3.63, 3.8) is 0 Å². The van der Waals surface area contributed by atoms with Gasteiger partial charge in [0.2, 0.25) is 5.91 Å². The van der Waals surface area contributed by atoms with Gasteiger partial charge in [-0.2, -0.15) is 0 Å². The summed E-state index contributed by atoms with van der Waals surface area (Å²) in [6, 6.07) is 3.60. The molecular weight excluding hydrogens is 300 g/mol. The van der Waals surface area contributed by atoms with Crippen molar-refractivity contribution in [3.05, 3.63) is 53.1 Å². The molecule has 0 bridgehead atoms. The van der Waals surface area contributed by atoms with Gasteiger partial charge < -0.3 is 9.88 Å². The summed E-state index contributed by atoms with van der Waals surface area (Å²) >= 11 is 0. The highest BCUT2D eigenvalue weighted by Crippen LogP contribution is 2.25. The van der Waals surface area contributed by atoms with Crippen LogP contribution in [-0.2, 0) is 11.2 Å². The van der Waals surface area contributed by atoms with E-state index in [4.69, 9.17) is 0 Å². The van der Waals surface area contributed by atoms with Gasteiger partial charge >= 0.3 is 0 Å². The lowest BCUT2D eigenvalue weighted by atomic mass is 9.96. The van der Waals surface area contributed by atoms with Crippen molar-refractivity contribution >= 4 is 5.91 Å². The van der Waals surface area contributed by atoms with E-state index in [1.807, 2.05) is 6.92 Å². The molecule has 1 aliphatic heterocycles. The molecule has 2 aromatic rings. The number of amides is 1. The highest BCUT2D eigenvalue weighted by molar-refractivity contribution is 5.79. The smallest absolute Gasteiger partial charge is 0.227 e. The number of aromatic nitrogens is 2. The van der Waals surface area contributed by atoms with Crippen molar-refractivity contribution in [1.82, 2.24) is 14.9 Å². The van der Waals surface area contributed by atoms with Gasteiger partial charge in [-0.05, 0) is 37.5 Å². The number of likely N-dealkylation sites (tertiary alicyclic amines) is 1. The molecule has 1 aromatic carbocycles. The number of halogens is 2. The van der Waals surface area contributed by atoms with Crippen LogP contribution in [0.1, 0.15) is 35.8 Å². The van der Waals surface area contributed by atoms with E-state index in [1.165, 1.54) is 6.07 Å². The van der Waals surface area contributed by atoms with Crippen LogP contribution in [0.5, 0.6) is 0 Å². The number of carbonyl (C=O) groups is 1. The Balaban J connectivity index is 1.65. The summed E-state index contributed by atoms with van der Waals surface area (Å²) in [5.41, 5.74) is 1.50. The molecule has 1 aromatic heterocycles. The van der Waals surface area contributed by atoms with Crippen LogP contribution >= 0.6 is 0 Å². The zero-order chi connectivity index (χ0) is 16.4. The highest BCUT2D eigenvalue weighted by Gasteiger charge is 2.26. The zero-order valence-corrected chi connectivity index (χ0v) is 13.0. The maximum atomic E-state index is 13.2. The summed E-state index contributed by atoms with van der Waals surface area (Å²) in [5, 5.41) is 0. The first-order valence-corrected chi connectivity index (χ1v) is 7.76. The van der Waals surface area contributed by atoms with Gasteiger partial charge in [-0.25, -0.2) is 13.8 Å². The van der Waals surface area contributed by atoms with E-state index < -0.39 is 11.6 Å². The predicted octanol–water partition coefficient (Wildman–Crippen LogP) is 2.95. The largest absolute Gasteiger partial charge is 0.346 e. The molecule has 1 saturated heterocycles. The van der Waals surface area contributed by atoms with Gasteiger partial charge in [0.1, 0.15) is 5.82 Å². The Bertz CT molecular complexity index is 714. The van der Waals surface area contributed by atoms with Crippen molar-refractivity contribution in [3.8, 4) is 0 Å². The van der Waals surface area contributed by atoms with Gasteiger partial charge in [0.25, 0.3) is 0 Å². The fraction of sp³-hybridized carbons (Fsp3) is 0.412. The number of hydrogen-bond acceptors (Lipinski definition) is 2. The highest BCUT2D eigenvalue weighted by atomic mass is 19.2. The molecule has 1 fully saturated rings. The van der Waals surface area contributed by atoms with Crippen molar-refractivity contribution in [2.24, 2.45) is 0 Å². The second kappa shape index (κ2) is 6.48. The number of nitrogens with one attached hydrogen (secondary N) is 1. The number of carbonyl (C=O) groups excluding carboxylic acids is 1. The molecule has 1 amide bonds. The van der Waals surface area contributed by atoms with E-state index in [9.17, 15) is 13.6 Å². The minimum Gasteiger partial charge on any atom is -0.346 e. The van der Waals surface area contributed by atoms with Crippen LogP contribution in [0.3, 0.4) is 0 Å². The standard InChI is InChI=1S/C17H19F2N3O/c1-11-9-20-17(21-11)13-3-2-6-22(10-13)16(23)8-12-4-5-14(18)15(19)7-12/h4-5,7,9,13H,2-3,6,8,10H2,1H3,(H,20,21). The van der Waals surface area contributed by atoms with E-state index >= 15 is 0 Å². The second-order valence-electron chi connectivity index (χ2n) is 6.06. The third-order valence-electron chi connectivity index (χ3n) is 4.22. The quantitative estimate of drug-likeness (QED) is 0.945. The van der Waals surface area contributed by atoms with E-state index in [-0.39, 0.29) is 18.2 Å². The molecule has 4 nitrogen and oxygen atoms in total. The molecule has 0 spiro atoms. The molecule has 1 atom stereocenters. The first kappa shape index (κ1) is 15.6. The number of nitrogens with zero attached hydrogens (tertiary/aromatic N) is 2. The SMILES string of the molecule is Cc1cnc(C2CCCN(C(=O)Cc3ccc(F)c(F)c3)C2)[nH]1. The van der Waals surface area contributed by atoms with Crippen molar-refractivity contribution in [2.75, 3.05) is 13.1 Å². The van der Waals surface area contributed by atoms with Crippen molar-refractivity contribution in [2.45, 2.75) is 32.1 Å². The Morgan fingerprint density at radius 3 is 2.91 bits per heavy atom. The minimum atomic E-state index is -0.919. The Morgan fingerprint density at radius 2 is 2.22 bits per heavy atom. The Kier molecular flexibility index (Phi) is 4.41. The Hall–Kier alpha value is -2.24. The fourth-order valence-corrected chi connectivity index (χ4v) is 3.00. The van der Waals surface area contributed by atoms with Gasteiger partial charge in [-0.15, -0.1) is 0 Å². The maximum absolute atomic E-state index is 13.2. The van der Waals surface area contributed by atoms with Gasteiger partial charge in [0, 0.05) is 30.9 Å². The summed E-state index contributed by atoms with van der Waals surface area (Å²) in [6.45, 7) is 3.25. The minimum absolute atomic E-state index is 0.0658. The van der Waals surface area contributed by atoms with Crippen molar-refractivity contribution < 1.29 is 13.6 Å². The normalized spacial score (nSPS) is 18.2. The first-order valence-electron chi connectivity index (χ1n) is 7.76. The van der Waals surface area contributed by atoms with E-state index in [0.717, 1.165) is 36.5 Å². The van der Waals surface area contributed by atoms with Crippen LogP contribution < -0.4 is 0 Å². The summed E-state index contributed by atoms with van der Waals surface area (Å²) in [7, 11) is 0. The van der Waals surface area contributed by atoms with Crippen LogP contribution in [0.2, 0.25) is 0 Å². The molecule has 3 rings (SSSR count). The number of benzene rings is 1. The van der Waals surface area contributed by atoms with Gasteiger partial charge in [0.15, 0.2) is 11.6 Å². The molecule has 0 aliphatic carbocycles. The monoisotopic (exact) mass is 319 g/mol. The molecule has 23 heavy (non-hydrogen) atoms. The number of aromatic amines is 1. The summed E-state index contributed by atoms with van der Waals surface area (Å²) < 4.78 is 26.2. The van der Waals surface area contributed by atoms with Crippen LogP contribution in [0, 0.1) is 18.6 Å². The molecule has 0 saturated carbocycles. The Labute approximate surface area is 133 Å². The summed E-state index contributed by atoms with van der Waals surface area (Å²) in [4.78, 5) is 21.8. The van der Waals surface area contributed by atoms with E-state index in [2.05, 4.69) is 9.97 Å². The molecule has 2 heterocycles. The lowest BCUT2D eigenvalue weighted by molar-refractivity contribution is -0.131. The molecule has 6 heteroatoms. The first-order chi connectivity index (χ1) is 11.0. The number of piperidine rings is 1. The molecule has 1 unspecified atom stereocenters. The van der Waals surface area contributed by atoms with Crippen LogP contribution in [0.15, 0.2) is 24.4 Å². The van der Waals surface area contributed by atoms with Crippen LogP contribution in [0.25, 0.3) is 0 Å². The fourth-order valence-electron chi connectivity index (χ4n) is 3.00. The average molecular weight is 319 g/mol. The molecule has 122 valence electrons. The van der Waals surface area contributed by atoms with E-state index in [0.29, 0.717) is 18.7 Å². The summed E-state index contributed by atoms with van der Waals surface area (Å²) in [5.74, 6) is -0.770. The molecule has 1 aliphatic rings. The number of aryl methyl sites for hydroxylation is 1. The lowest BCUT2D eigenvalue weighted by Gasteiger charge is -2.32. The van der Waals surface area contributed by atoms with Gasteiger partial charge in [0.05, 0.1) is 6.42 Å². The predicted molar refractivity (Wildman–Crippen MR) is 81.9 cm³/mol. The number of rotatable bonds is 3. The second-order valence-corrected chi connectivity index (χ2v) is 6.06. The number of hydrogen-bond donors (Lipinski definition) is 1. The lowest BCUT2D eigenvalue weighted by Crippen LogP contribution is -2.40. The van der Waals surface area contributed by atoms with Gasteiger partial charge in [-0.3, -0.25) is 4.79 Å². The van der Waals surface area contributed by atoms with Gasteiger partial charge in [-0.1, -0.05) is 6.07 Å². The third kappa shape index (κ3) is 3.57. The van der Waals surface area contributed by atoms with E-state index in [1.54, 1.807) is 11.1 Å². The van der Waals surface area contributed by atoms with Crippen LogP contribution in [-0.4, -0.2) is 33.9 Å². The average Bonchev–Trinajstić information content (AvgIpc) is 2.98. The number of imidazole rings is 1. The molecule has 1 N–H and O–H groups in total. The number of H-pyrrole nitrogens is 1. The molecular formula is C17H19F2N3O. The summed E-state index contributed by atoms with van der Waals surface area (Å²) in [6.07, 6.45) is 3.77. The third-order valence-corrected chi connectivity index (χ3v) is 4.22.